The summed E-state index contributed by atoms with van der Waals surface area (Å²) in [5.74, 6) is 1.20. The molecule has 72 valence electrons. The summed E-state index contributed by atoms with van der Waals surface area (Å²) in [5.41, 5.74) is 0. The molecule has 0 heterocycles. The maximum Gasteiger partial charge on any atom is 0.0962 e. The Morgan fingerprint density at radius 3 is 2.33 bits per heavy atom. The largest absolute Gasteiger partial charge is 0.374 e. The van der Waals surface area contributed by atoms with Gasteiger partial charge in [0.05, 0.1) is 5.84 Å². The maximum atomic E-state index is 4.47. The van der Waals surface area contributed by atoms with E-state index in [0.717, 1.165) is 25.9 Å². The van der Waals surface area contributed by atoms with Gasteiger partial charge in [-0.15, -0.1) is 0 Å². The van der Waals surface area contributed by atoms with E-state index in [-0.39, 0.29) is 0 Å². The van der Waals surface area contributed by atoms with Crippen LogP contribution in [0.25, 0.3) is 0 Å². The lowest BCUT2D eigenvalue weighted by Gasteiger charge is -2.07. The summed E-state index contributed by atoms with van der Waals surface area (Å²) < 4.78 is 0. The molecule has 0 aromatic rings. The summed E-state index contributed by atoms with van der Waals surface area (Å²) in [6.45, 7) is 8.55. The zero-order valence-corrected chi connectivity index (χ0v) is 8.69. The molecule has 0 aromatic heterocycles. The van der Waals surface area contributed by atoms with Gasteiger partial charge in [-0.1, -0.05) is 20.8 Å². The standard InChI is InChI=1S/C10H22N2/c1-4-7-10(11-8-5-2)12-9-6-3/h4-9H2,1-3H3,(H,11,12). The number of rotatable bonds is 6. The van der Waals surface area contributed by atoms with Gasteiger partial charge >= 0.3 is 0 Å². The van der Waals surface area contributed by atoms with E-state index in [1.165, 1.54) is 18.7 Å². The highest BCUT2D eigenvalue weighted by molar-refractivity contribution is 5.82. The Morgan fingerprint density at radius 1 is 1.08 bits per heavy atom. The first kappa shape index (κ1) is 11.5. The molecule has 0 saturated heterocycles. The van der Waals surface area contributed by atoms with E-state index in [0.29, 0.717) is 0 Å². The van der Waals surface area contributed by atoms with Crippen molar-refractivity contribution in [2.45, 2.75) is 46.5 Å². The number of amidine groups is 1. The fraction of sp³-hybridized carbons (Fsp3) is 0.900. The summed E-state index contributed by atoms with van der Waals surface area (Å²) in [5, 5.41) is 3.36. The SMILES string of the molecule is CCCN=C(CCC)NCCC. The Morgan fingerprint density at radius 2 is 1.83 bits per heavy atom. The van der Waals surface area contributed by atoms with Crippen LogP contribution in [0.1, 0.15) is 46.5 Å². The highest BCUT2D eigenvalue weighted by atomic mass is 15.0. The van der Waals surface area contributed by atoms with Crippen molar-refractivity contribution >= 4 is 5.84 Å². The summed E-state index contributed by atoms with van der Waals surface area (Å²) >= 11 is 0. The second-order valence-corrected chi connectivity index (χ2v) is 3.01. The van der Waals surface area contributed by atoms with Crippen LogP contribution in [-0.4, -0.2) is 18.9 Å². The lowest BCUT2D eigenvalue weighted by molar-refractivity contribution is 0.796. The molecule has 0 aliphatic carbocycles. The molecule has 0 amide bonds. The van der Waals surface area contributed by atoms with Gasteiger partial charge in [0.15, 0.2) is 0 Å². The molecular formula is C10H22N2. The van der Waals surface area contributed by atoms with Crippen molar-refractivity contribution < 1.29 is 0 Å². The van der Waals surface area contributed by atoms with E-state index in [1.807, 2.05) is 0 Å². The molecule has 0 aliphatic heterocycles. The van der Waals surface area contributed by atoms with Gasteiger partial charge in [-0.25, -0.2) is 0 Å². The van der Waals surface area contributed by atoms with Crippen LogP contribution in [0.15, 0.2) is 4.99 Å². The van der Waals surface area contributed by atoms with Crippen LogP contribution in [0.4, 0.5) is 0 Å². The summed E-state index contributed by atoms with van der Waals surface area (Å²) in [4.78, 5) is 4.47. The lowest BCUT2D eigenvalue weighted by Crippen LogP contribution is -2.24. The van der Waals surface area contributed by atoms with E-state index in [1.54, 1.807) is 0 Å². The molecule has 0 unspecified atom stereocenters. The minimum Gasteiger partial charge on any atom is -0.374 e. The normalized spacial score (nSPS) is 11.8. The molecule has 2 nitrogen and oxygen atoms in total. The average molecular weight is 170 g/mol. The topological polar surface area (TPSA) is 24.4 Å². The van der Waals surface area contributed by atoms with Crippen molar-refractivity contribution in [1.82, 2.24) is 5.32 Å². The first-order valence-corrected chi connectivity index (χ1v) is 5.12. The van der Waals surface area contributed by atoms with Crippen molar-refractivity contribution in [3.8, 4) is 0 Å². The predicted molar refractivity (Wildman–Crippen MR) is 55.8 cm³/mol. The molecule has 0 saturated carbocycles. The van der Waals surface area contributed by atoms with Crippen molar-refractivity contribution in [3.05, 3.63) is 0 Å². The van der Waals surface area contributed by atoms with Crippen molar-refractivity contribution in [2.24, 2.45) is 4.99 Å². The van der Waals surface area contributed by atoms with Gasteiger partial charge in [0.25, 0.3) is 0 Å². The molecule has 2 heteroatoms. The number of hydrogen-bond donors (Lipinski definition) is 1. The van der Waals surface area contributed by atoms with Crippen LogP contribution in [0.2, 0.25) is 0 Å². The van der Waals surface area contributed by atoms with Gasteiger partial charge in [-0.2, -0.15) is 0 Å². The fourth-order valence-corrected chi connectivity index (χ4v) is 0.976. The molecule has 0 atom stereocenters. The molecule has 0 rings (SSSR count). The predicted octanol–water partition coefficient (Wildman–Crippen LogP) is 2.59. The summed E-state index contributed by atoms with van der Waals surface area (Å²) in [6, 6.07) is 0. The van der Waals surface area contributed by atoms with Gasteiger partial charge < -0.3 is 5.32 Å². The minimum absolute atomic E-state index is 0.964. The van der Waals surface area contributed by atoms with E-state index >= 15 is 0 Å². The quantitative estimate of drug-likeness (QED) is 0.481. The van der Waals surface area contributed by atoms with Crippen LogP contribution in [0.3, 0.4) is 0 Å². The van der Waals surface area contributed by atoms with Crippen molar-refractivity contribution in [2.75, 3.05) is 13.1 Å². The first-order valence-electron chi connectivity index (χ1n) is 5.12. The monoisotopic (exact) mass is 170 g/mol. The zero-order chi connectivity index (χ0) is 9.23. The van der Waals surface area contributed by atoms with Crippen LogP contribution in [0, 0.1) is 0 Å². The Kier molecular flexibility index (Phi) is 8.19. The minimum atomic E-state index is 0.964. The molecular weight excluding hydrogens is 148 g/mol. The summed E-state index contributed by atoms with van der Waals surface area (Å²) in [6.07, 6.45) is 4.59. The van der Waals surface area contributed by atoms with Crippen LogP contribution >= 0.6 is 0 Å². The van der Waals surface area contributed by atoms with E-state index in [9.17, 15) is 0 Å². The average Bonchev–Trinajstić information content (AvgIpc) is 2.10. The fourth-order valence-electron chi connectivity index (χ4n) is 0.976. The van der Waals surface area contributed by atoms with Gasteiger partial charge in [0.2, 0.25) is 0 Å². The van der Waals surface area contributed by atoms with Gasteiger partial charge in [0.1, 0.15) is 0 Å². The smallest absolute Gasteiger partial charge is 0.0962 e. The van der Waals surface area contributed by atoms with E-state index in [4.69, 9.17) is 0 Å². The van der Waals surface area contributed by atoms with Crippen LogP contribution < -0.4 is 5.32 Å². The van der Waals surface area contributed by atoms with E-state index < -0.39 is 0 Å². The first-order chi connectivity index (χ1) is 5.85. The molecule has 0 aliphatic rings. The van der Waals surface area contributed by atoms with Crippen LogP contribution in [0.5, 0.6) is 0 Å². The Hall–Kier alpha value is -0.530. The number of nitrogens with one attached hydrogen (secondary N) is 1. The van der Waals surface area contributed by atoms with E-state index in [2.05, 4.69) is 31.1 Å². The lowest BCUT2D eigenvalue weighted by atomic mass is 10.3. The third-order valence-corrected chi connectivity index (χ3v) is 1.59. The highest BCUT2D eigenvalue weighted by Gasteiger charge is 1.94. The zero-order valence-electron chi connectivity index (χ0n) is 8.69. The Balaban J connectivity index is 3.68. The number of aliphatic imine (C=N–C) groups is 1. The third-order valence-electron chi connectivity index (χ3n) is 1.59. The van der Waals surface area contributed by atoms with Crippen LogP contribution in [-0.2, 0) is 0 Å². The molecule has 0 aromatic carbocycles. The Bertz CT molecular complexity index is 119. The third kappa shape index (κ3) is 6.20. The van der Waals surface area contributed by atoms with Gasteiger partial charge in [-0.05, 0) is 19.3 Å². The second kappa shape index (κ2) is 8.57. The number of nitrogens with zero attached hydrogens (tertiary/aromatic N) is 1. The Labute approximate surface area is 76.5 Å². The molecule has 12 heavy (non-hydrogen) atoms. The molecule has 1 N–H and O–H groups in total. The molecule has 0 fully saturated rings. The highest BCUT2D eigenvalue weighted by Crippen LogP contribution is 1.91. The summed E-state index contributed by atoms with van der Waals surface area (Å²) in [7, 11) is 0. The van der Waals surface area contributed by atoms with Gasteiger partial charge in [0, 0.05) is 19.5 Å². The second-order valence-electron chi connectivity index (χ2n) is 3.01. The number of hydrogen-bond acceptors (Lipinski definition) is 1. The molecule has 0 radical (unpaired) electrons. The molecule has 0 bridgehead atoms. The maximum absolute atomic E-state index is 4.47. The van der Waals surface area contributed by atoms with Gasteiger partial charge in [-0.3, -0.25) is 4.99 Å². The van der Waals surface area contributed by atoms with Crippen molar-refractivity contribution in [1.29, 1.82) is 0 Å². The molecule has 0 spiro atoms. The van der Waals surface area contributed by atoms with Crippen molar-refractivity contribution in [3.63, 3.8) is 0 Å².